The van der Waals surface area contributed by atoms with E-state index in [1.54, 1.807) is 19.2 Å². The second kappa shape index (κ2) is 7.41. The van der Waals surface area contributed by atoms with Crippen LogP contribution in [0.25, 0.3) is 0 Å². The molecular formula is C16H16Cl2O2. The summed E-state index contributed by atoms with van der Waals surface area (Å²) in [6.45, 7) is 0.561. The van der Waals surface area contributed by atoms with Gasteiger partial charge in [0.15, 0.2) is 11.5 Å². The van der Waals surface area contributed by atoms with Crippen molar-refractivity contribution in [1.29, 1.82) is 0 Å². The minimum absolute atomic E-state index is 0.331. The Morgan fingerprint density at radius 2 is 1.85 bits per heavy atom. The van der Waals surface area contributed by atoms with Gasteiger partial charge in [-0.3, -0.25) is 0 Å². The van der Waals surface area contributed by atoms with E-state index in [0.29, 0.717) is 29.0 Å². The summed E-state index contributed by atoms with van der Waals surface area (Å²) in [5.74, 6) is 1.61. The summed E-state index contributed by atoms with van der Waals surface area (Å²) in [6, 6.07) is 13.7. The maximum Gasteiger partial charge on any atom is 0.165 e. The summed E-state index contributed by atoms with van der Waals surface area (Å²) in [6.07, 6.45) is 0.828. The third kappa shape index (κ3) is 3.81. The van der Waals surface area contributed by atoms with Gasteiger partial charge in [0.25, 0.3) is 0 Å². The predicted molar refractivity (Wildman–Crippen MR) is 83.2 cm³/mol. The number of alkyl halides is 1. The van der Waals surface area contributed by atoms with Gasteiger partial charge in [0.2, 0.25) is 0 Å². The summed E-state index contributed by atoms with van der Waals surface area (Å²) in [5, 5.41) is 0.591. The van der Waals surface area contributed by atoms with Crippen molar-refractivity contribution in [3.8, 4) is 11.5 Å². The van der Waals surface area contributed by atoms with Crippen LogP contribution in [-0.4, -0.2) is 13.7 Å². The summed E-state index contributed by atoms with van der Waals surface area (Å²) >= 11 is 11.9. The summed E-state index contributed by atoms with van der Waals surface area (Å²) in [7, 11) is 1.59. The second-order valence-corrected chi connectivity index (χ2v) is 5.02. The molecule has 2 aromatic carbocycles. The van der Waals surface area contributed by atoms with Crippen LogP contribution in [0.1, 0.15) is 11.1 Å². The average Bonchev–Trinajstić information content (AvgIpc) is 2.49. The van der Waals surface area contributed by atoms with Crippen LogP contribution in [0, 0.1) is 0 Å². The average molecular weight is 311 g/mol. The number of halogens is 2. The van der Waals surface area contributed by atoms with Crippen molar-refractivity contribution >= 4 is 23.2 Å². The van der Waals surface area contributed by atoms with Gasteiger partial charge in [-0.1, -0.05) is 41.9 Å². The van der Waals surface area contributed by atoms with Crippen molar-refractivity contribution in [2.24, 2.45) is 0 Å². The molecule has 4 heteroatoms. The molecule has 0 N–H and O–H groups in total. The highest BCUT2D eigenvalue weighted by Gasteiger charge is 2.12. The molecule has 2 nitrogen and oxygen atoms in total. The van der Waals surface area contributed by atoms with Gasteiger partial charge in [0.1, 0.15) is 0 Å². The van der Waals surface area contributed by atoms with Crippen LogP contribution in [-0.2, 0) is 12.3 Å². The van der Waals surface area contributed by atoms with Gasteiger partial charge in [-0.15, -0.1) is 11.6 Å². The van der Waals surface area contributed by atoms with Crippen LogP contribution in [0.15, 0.2) is 42.5 Å². The first-order valence-corrected chi connectivity index (χ1v) is 7.25. The molecule has 0 amide bonds. The van der Waals surface area contributed by atoms with Crippen LogP contribution in [0.2, 0.25) is 5.02 Å². The molecule has 0 aliphatic rings. The highest BCUT2D eigenvalue weighted by Crippen LogP contribution is 2.35. The summed E-state index contributed by atoms with van der Waals surface area (Å²) < 4.78 is 11.1. The molecule has 0 unspecified atom stereocenters. The Morgan fingerprint density at radius 3 is 2.50 bits per heavy atom. The van der Waals surface area contributed by atoms with Crippen molar-refractivity contribution in [2.45, 2.75) is 12.3 Å². The molecule has 0 aliphatic carbocycles. The summed E-state index contributed by atoms with van der Waals surface area (Å²) in [5.41, 5.74) is 2.07. The fraction of sp³-hybridized carbons (Fsp3) is 0.250. The van der Waals surface area contributed by atoms with Crippen LogP contribution >= 0.6 is 23.2 Å². The van der Waals surface area contributed by atoms with E-state index in [9.17, 15) is 0 Å². The lowest BCUT2D eigenvalue weighted by molar-refractivity contribution is 0.295. The molecule has 0 atom stereocenters. The Morgan fingerprint density at radius 1 is 1.10 bits per heavy atom. The Bertz CT molecular complexity index is 531. The van der Waals surface area contributed by atoms with Crippen LogP contribution in [0.4, 0.5) is 0 Å². The van der Waals surface area contributed by atoms with E-state index in [0.717, 1.165) is 12.0 Å². The fourth-order valence-electron chi connectivity index (χ4n) is 1.95. The largest absolute Gasteiger partial charge is 0.493 e. The zero-order chi connectivity index (χ0) is 14.4. The van der Waals surface area contributed by atoms with E-state index in [1.165, 1.54) is 5.56 Å². The van der Waals surface area contributed by atoms with E-state index in [1.807, 2.05) is 18.2 Å². The number of hydrogen-bond acceptors (Lipinski definition) is 2. The van der Waals surface area contributed by atoms with Gasteiger partial charge in [-0.2, -0.15) is 0 Å². The van der Waals surface area contributed by atoms with Crippen molar-refractivity contribution in [2.75, 3.05) is 13.7 Å². The molecule has 2 aromatic rings. The van der Waals surface area contributed by atoms with Crippen molar-refractivity contribution in [3.05, 3.63) is 58.6 Å². The van der Waals surface area contributed by atoms with Crippen LogP contribution < -0.4 is 9.47 Å². The maximum absolute atomic E-state index is 6.02. The molecule has 0 heterocycles. The highest BCUT2D eigenvalue weighted by atomic mass is 35.5. The van der Waals surface area contributed by atoms with Crippen LogP contribution in [0.5, 0.6) is 11.5 Å². The number of hydrogen-bond donors (Lipinski definition) is 0. The van der Waals surface area contributed by atoms with Gasteiger partial charge >= 0.3 is 0 Å². The normalized spacial score (nSPS) is 10.3. The first-order chi connectivity index (χ1) is 9.74. The van der Waals surface area contributed by atoms with E-state index in [4.69, 9.17) is 32.7 Å². The fourth-order valence-corrected chi connectivity index (χ4v) is 2.38. The van der Waals surface area contributed by atoms with Gasteiger partial charge < -0.3 is 9.47 Å². The SMILES string of the molecule is COc1cc(Cl)cc(CCl)c1OCCc1ccccc1. The quantitative estimate of drug-likeness (QED) is 0.719. The first-order valence-electron chi connectivity index (χ1n) is 6.33. The number of rotatable bonds is 6. The monoisotopic (exact) mass is 310 g/mol. The molecule has 0 spiro atoms. The van der Waals surface area contributed by atoms with Crippen molar-refractivity contribution < 1.29 is 9.47 Å². The second-order valence-electron chi connectivity index (χ2n) is 4.31. The molecule has 0 aromatic heterocycles. The van der Waals surface area contributed by atoms with E-state index < -0.39 is 0 Å². The topological polar surface area (TPSA) is 18.5 Å². The Labute approximate surface area is 129 Å². The van der Waals surface area contributed by atoms with E-state index in [-0.39, 0.29) is 0 Å². The molecular weight excluding hydrogens is 295 g/mol. The third-order valence-corrected chi connectivity index (χ3v) is 3.45. The smallest absolute Gasteiger partial charge is 0.165 e. The van der Waals surface area contributed by atoms with E-state index in [2.05, 4.69) is 12.1 Å². The number of ether oxygens (including phenoxy) is 2. The third-order valence-electron chi connectivity index (χ3n) is 2.94. The molecule has 0 radical (unpaired) electrons. The number of benzene rings is 2. The Balaban J connectivity index is 2.08. The van der Waals surface area contributed by atoms with E-state index >= 15 is 0 Å². The highest BCUT2D eigenvalue weighted by molar-refractivity contribution is 6.31. The standard InChI is InChI=1S/C16H16Cl2O2/c1-19-15-10-14(18)9-13(11-17)16(15)20-8-7-12-5-3-2-4-6-12/h2-6,9-10H,7-8,11H2,1H3. The van der Waals surface area contributed by atoms with Crippen LogP contribution in [0.3, 0.4) is 0 Å². The van der Waals surface area contributed by atoms with Crippen molar-refractivity contribution in [1.82, 2.24) is 0 Å². The predicted octanol–water partition coefficient (Wildman–Crippen LogP) is 4.71. The summed E-state index contributed by atoms with van der Waals surface area (Å²) in [4.78, 5) is 0. The molecule has 0 bridgehead atoms. The molecule has 0 fully saturated rings. The van der Waals surface area contributed by atoms with Gasteiger partial charge in [0.05, 0.1) is 19.6 Å². The molecule has 0 saturated heterocycles. The van der Waals surface area contributed by atoms with Gasteiger partial charge in [-0.25, -0.2) is 0 Å². The van der Waals surface area contributed by atoms with Gasteiger partial charge in [-0.05, 0) is 11.6 Å². The number of methoxy groups -OCH3 is 1. The zero-order valence-electron chi connectivity index (χ0n) is 11.2. The molecule has 20 heavy (non-hydrogen) atoms. The minimum atomic E-state index is 0.331. The zero-order valence-corrected chi connectivity index (χ0v) is 12.7. The minimum Gasteiger partial charge on any atom is -0.493 e. The van der Waals surface area contributed by atoms with Gasteiger partial charge in [0, 0.05) is 23.1 Å². The van der Waals surface area contributed by atoms with Crippen molar-refractivity contribution in [3.63, 3.8) is 0 Å². The molecule has 0 aliphatic heterocycles. The molecule has 2 rings (SSSR count). The lowest BCUT2D eigenvalue weighted by Crippen LogP contribution is -2.04. The lowest BCUT2D eigenvalue weighted by atomic mass is 10.1. The Hall–Kier alpha value is -1.38. The molecule has 0 saturated carbocycles. The Kier molecular flexibility index (Phi) is 5.57. The first kappa shape index (κ1) is 15.0. The lowest BCUT2D eigenvalue weighted by Gasteiger charge is -2.14. The molecule has 106 valence electrons. The maximum atomic E-state index is 6.02.